The molecule has 0 saturated heterocycles. The monoisotopic (exact) mass is 242 g/mol. The molecule has 0 amide bonds. The van der Waals surface area contributed by atoms with Crippen LogP contribution in [0.3, 0.4) is 0 Å². The molecule has 0 radical (unpaired) electrons. The summed E-state index contributed by atoms with van der Waals surface area (Å²) in [5, 5.41) is 0. The Hall–Kier alpha value is -0.870. The molecule has 0 heterocycles. The van der Waals surface area contributed by atoms with Gasteiger partial charge in [-0.25, -0.2) is 0 Å². The molecular weight excluding hydrogens is 224 g/mol. The van der Waals surface area contributed by atoms with Gasteiger partial charge in [-0.3, -0.25) is 4.55 Å². The van der Waals surface area contributed by atoms with E-state index in [-0.39, 0.29) is 5.75 Å². The maximum absolute atomic E-state index is 10.5. The van der Waals surface area contributed by atoms with Crippen molar-refractivity contribution in [3.8, 4) is 0 Å². The predicted octanol–water partition coefficient (Wildman–Crippen LogP) is 2.85. The summed E-state index contributed by atoms with van der Waals surface area (Å²) in [6.45, 7) is 2.13. The summed E-state index contributed by atoms with van der Waals surface area (Å²) in [4.78, 5) is 0. The Morgan fingerprint density at radius 2 is 1.81 bits per heavy atom. The first-order chi connectivity index (χ1) is 7.49. The molecule has 16 heavy (non-hydrogen) atoms. The molecular formula is C12H18O3S. The third kappa shape index (κ3) is 5.28. The van der Waals surface area contributed by atoms with E-state index in [2.05, 4.69) is 19.1 Å². The van der Waals surface area contributed by atoms with Crippen molar-refractivity contribution in [3.05, 3.63) is 35.9 Å². The van der Waals surface area contributed by atoms with Gasteiger partial charge in [0.15, 0.2) is 0 Å². The van der Waals surface area contributed by atoms with Crippen LogP contribution in [0.15, 0.2) is 30.3 Å². The Morgan fingerprint density at radius 3 is 2.38 bits per heavy atom. The van der Waals surface area contributed by atoms with E-state index in [1.54, 1.807) is 0 Å². The van der Waals surface area contributed by atoms with E-state index in [9.17, 15) is 8.42 Å². The SMILES string of the molecule is CC(CCCCS(=O)(=O)O)c1ccccc1. The summed E-state index contributed by atoms with van der Waals surface area (Å²) in [6.07, 6.45) is 2.28. The average Bonchev–Trinajstić information content (AvgIpc) is 2.24. The number of hydrogen-bond donors (Lipinski definition) is 1. The Morgan fingerprint density at radius 1 is 1.19 bits per heavy atom. The summed E-state index contributed by atoms with van der Waals surface area (Å²) in [5.41, 5.74) is 1.27. The predicted molar refractivity (Wildman–Crippen MR) is 65.1 cm³/mol. The summed E-state index contributed by atoms with van der Waals surface area (Å²) in [6, 6.07) is 10.1. The van der Waals surface area contributed by atoms with Crippen LogP contribution in [0.4, 0.5) is 0 Å². The summed E-state index contributed by atoms with van der Waals surface area (Å²) in [5.74, 6) is 0.303. The van der Waals surface area contributed by atoms with E-state index in [1.807, 2.05) is 18.2 Å². The van der Waals surface area contributed by atoms with Crippen molar-refractivity contribution in [2.75, 3.05) is 5.75 Å². The van der Waals surface area contributed by atoms with Gasteiger partial charge < -0.3 is 0 Å². The molecule has 0 bridgehead atoms. The van der Waals surface area contributed by atoms with Crippen molar-refractivity contribution in [1.82, 2.24) is 0 Å². The van der Waals surface area contributed by atoms with Crippen LogP contribution in [0.2, 0.25) is 0 Å². The van der Waals surface area contributed by atoms with Crippen molar-refractivity contribution in [2.24, 2.45) is 0 Å². The lowest BCUT2D eigenvalue weighted by Crippen LogP contribution is -2.04. The van der Waals surface area contributed by atoms with Gasteiger partial charge in [0.25, 0.3) is 10.1 Å². The Kier molecular flexibility index (Phi) is 4.96. The van der Waals surface area contributed by atoms with Gasteiger partial charge in [0, 0.05) is 0 Å². The van der Waals surface area contributed by atoms with Crippen LogP contribution in [0.1, 0.15) is 37.7 Å². The first-order valence-electron chi connectivity index (χ1n) is 5.49. The maximum atomic E-state index is 10.5. The van der Waals surface area contributed by atoms with Crippen LogP contribution in [-0.2, 0) is 10.1 Å². The highest BCUT2D eigenvalue weighted by Crippen LogP contribution is 2.20. The highest BCUT2D eigenvalue weighted by atomic mass is 32.2. The van der Waals surface area contributed by atoms with Crippen molar-refractivity contribution >= 4 is 10.1 Å². The van der Waals surface area contributed by atoms with Crippen LogP contribution >= 0.6 is 0 Å². The second kappa shape index (κ2) is 6.01. The quantitative estimate of drug-likeness (QED) is 0.616. The largest absolute Gasteiger partial charge is 0.286 e. The van der Waals surface area contributed by atoms with Crippen molar-refractivity contribution in [1.29, 1.82) is 0 Å². The van der Waals surface area contributed by atoms with E-state index in [0.29, 0.717) is 12.3 Å². The molecule has 3 nitrogen and oxygen atoms in total. The zero-order valence-corrected chi connectivity index (χ0v) is 10.3. The van der Waals surface area contributed by atoms with Gasteiger partial charge in [0.05, 0.1) is 5.75 Å². The molecule has 0 saturated carbocycles. The first kappa shape index (κ1) is 13.2. The molecule has 4 heteroatoms. The van der Waals surface area contributed by atoms with Gasteiger partial charge in [-0.05, 0) is 24.3 Å². The number of hydrogen-bond acceptors (Lipinski definition) is 2. The van der Waals surface area contributed by atoms with Gasteiger partial charge in [-0.15, -0.1) is 0 Å². The Bertz CT molecular complexity index is 398. The maximum Gasteiger partial charge on any atom is 0.264 e. The van der Waals surface area contributed by atoms with Crippen molar-refractivity contribution < 1.29 is 13.0 Å². The van der Waals surface area contributed by atoms with E-state index in [4.69, 9.17) is 4.55 Å². The smallest absolute Gasteiger partial charge is 0.264 e. The minimum Gasteiger partial charge on any atom is -0.286 e. The van der Waals surface area contributed by atoms with Gasteiger partial charge in [0.2, 0.25) is 0 Å². The minimum atomic E-state index is -3.79. The second-order valence-electron chi connectivity index (χ2n) is 4.09. The molecule has 0 aliphatic rings. The molecule has 1 atom stereocenters. The van der Waals surface area contributed by atoms with Gasteiger partial charge in [-0.1, -0.05) is 43.7 Å². The minimum absolute atomic E-state index is 0.130. The van der Waals surface area contributed by atoms with Crippen LogP contribution in [0.5, 0.6) is 0 Å². The lowest BCUT2D eigenvalue weighted by atomic mass is 9.96. The molecule has 0 aliphatic carbocycles. The Balaban J connectivity index is 2.29. The molecule has 0 aromatic heterocycles. The molecule has 1 aromatic rings. The molecule has 1 rings (SSSR count). The van der Waals surface area contributed by atoms with Crippen LogP contribution < -0.4 is 0 Å². The van der Waals surface area contributed by atoms with Gasteiger partial charge in [-0.2, -0.15) is 8.42 Å². The van der Waals surface area contributed by atoms with E-state index in [0.717, 1.165) is 12.8 Å². The number of benzene rings is 1. The molecule has 0 aliphatic heterocycles. The third-order valence-corrected chi connectivity index (χ3v) is 3.46. The molecule has 0 spiro atoms. The second-order valence-corrected chi connectivity index (χ2v) is 5.67. The highest BCUT2D eigenvalue weighted by molar-refractivity contribution is 7.85. The van der Waals surface area contributed by atoms with Crippen molar-refractivity contribution in [3.63, 3.8) is 0 Å². The molecule has 90 valence electrons. The van der Waals surface area contributed by atoms with E-state index >= 15 is 0 Å². The molecule has 1 unspecified atom stereocenters. The fourth-order valence-electron chi connectivity index (χ4n) is 1.68. The fourth-order valence-corrected chi connectivity index (χ4v) is 2.25. The van der Waals surface area contributed by atoms with Crippen LogP contribution in [0.25, 0.3) is 0 Å². The van der Waals surface area contributed by atoms with Gasteiger partial charge in [0.1, 0.15) is 0 Å². The fraction of sp³-hybridized carbons (Fsp3) is 0.500. The summed E-state index contributed by atoms with van der Waals surface area (Å²) in [7, 11) is -3.79. The average molecular weight is 242 g/mol. The van der Waals surface area contributed by atoms with E-state index < -0.39 is 10.1 Å². The number of unbranched alkanes of at least 4 members (excludes halogenated alkanes) is 1. The zero-order chi connectivity index (χ0) is 12.0. The summed E-state index contributed by atoms with van der Waals surface area (Å²) >= 11 is 0. The first-order valence-corrected chi connectivity index (χ1v) is 7.10. The van der Waals surface area contributed by atoms with Gasteiger partial charge >= 0.3 is 0 Å². The topological polar surface area (TPSA) is 54.4 Å². The molecule has 0 fully saturated rings. The normalized spacial score (nSPS) is 13.6. The lowest BCUT2D eigenvalue weighted by molar-refractivity contribution is 0.478. The van der Waals surface area contributed by atoms with Crippen LogP contribution in [-0.4, -0.2) is 18.7 Å². The lowest BCUT2D eigenvalue weighted by Gasteiger charge is -2.10. The standard InChI is InChI=1S/C12H18O3S/c1-11(12-8-3-2-4-9-12)7-5-6-10-16(13,14)15/h2-4,8-9,11H,5-7,10H2,1H3,(H,13,14,15). The van der Waals surface area contributed by atoms with Crippen LogP contribution in [0, 0.1) is 0 Å². The summed E-state index contributed by atoms with van der Waals surface area (Å²) < 4.78 is 29.6. The molecule has 1 N–H and O–H groups in total. The third-order valence-electron chi connectivity index (χ3n) is 2.66. The molecule has 1 aromatic carbocycles. The number of rotatable bonds is 6. The Labute approximate surface area is 97.2 Å². The van der Waals surface area contributed by atoms with Crippen molar-refractivity contribution in [2.45, 2.75) is 32.1 Å². The highest BCUT2D eigenvalue weighted by Gasteiger charge is 2.07. The van der Waals surface area contributed by atoms with E-state index in [1.165, 1.54) is 5.56 Å². The zero-order valence-electron chi connectivity index (χ0n) is 9.46.